The first-order valence-corrected chi connectivity index (χ1v) is 7.27. The highest BCUT2D eigenvalue weighted by Gasteiger charge is 2.49. The highest BCUT2D eigenvalue weighted by molar-refractivity contribution is 4.95. The molecule has 0 aromatic carbocycles. The Balaban J connectivity index is 2.16. The summed E-state index contributed by atoms with van der Waals surface area (Å²) in [6.45, 7) is 11.0. The van der Waals surface area contributed by atoms with Crippen LogP contribution in [0, 0.1) is 16.7 Å². The lowest BCUT2D eigenvalue weighted by atomic mass is 9.68. The van der Waals surface area contributed by atoms with Crippen LogP contribution in [-0.2, 0) is 9.47 Å². The van der Waals surface area contributed by atoms with Crippen LogP contribution < -0.4 is 0 Å². The van der Waals surface area contributed by atoms with Crippen LogP contribution in [0.4, 0.5) is 0 Å². The summed E-state index contributed by atoms with van der Waals surface area (Å²) in [5.41, 5.74) is 0.767. The average Bonchev–Trinajstić information content (AvgIpc) is 2.92. The molecule has 0 N–H and O–H groups in total. The van der Waals surface area contributed by atoms with Gasteiger partial charge in [0.15, 0.2) is 6.29 Å². The number of hydrogen-bond acceptors (Lipinski definition) is 2. The van der Waals surface area contributed by atoms with E-state index < -0.39 is 0 Å². The van der Waals surface area contributed by atoms with Crippen molar-refractivity contribution in [3.05, 3.63) is 0 Å². The Labute approximate surface area is 106 Å². The Kier molecular flexibility index (Phi) is 3.84. The van der Waals surface area contributed by atoms with E-state index in [1.54, 1.807) is 0 Å². The van der Waals surface area contributed by atoms with Crippen molar-refractivity contribution in [2.45, 2.75) is 66.1 Å². The van der Waals surface area contributed by atoms with Gasteiger partial charge in [-0.3, -0.25) is 0 Å². The maximum absolute atomic E-state index is 5.86. The molecule has 1 unspecified atom stereocenters. The Morgan fingerprint density at radius 1 is 1.12 bits per heavy atom. The second-order valence-corrected chi connectivity index (χ2v) is 6.62. The zero-order valence-electron chi connectivity index (χ0n) is 11.9. The molecule has 1 aliphatic heterocycles. The zero-order chi connectivity index (χ0) is 12.5. The van der Waals surface area contributed by atoms with Gasteiger partial charge in [-0.25, -0.2) is 0 Å². The lowest BCUT2D eigenvalue weighted by molar-refractivity contribution is -0.160. The van der Waals surface area contributed by atoms with Crippen LogP contribution in [0.5, 0.6) is 0 Å². The molecule has 2 heteroatoms. The van der Waals surface area contributed by atoms with Crippen molar-refractivity contribution in [2.24, 2.45) is 16.7 Å². The summed E-state index contributed by atoms with van der Waals surface area (Å²) in [4.78, 5) is 0. The van der Waals surface area contributed by atoms with Gasteiger partial charge in [-0.15, -0.1) is 0 Å². The standard InChI is InChI=1S/C15H28O2/c1-5-15(6-2,13-16-9-10-17-13)12-7-8-14(3,4)11-12/h12-13H,5-11H2,1-4H3. The zero-order valence-corrected chi connectivity index (χ0v) is 11.9. The summed E-state index contributed by atoms with van der Waals surface area (Å²) in [5.74, 6) is 0.774. The highest BCUT2D eigenvalue weighted by atomic mass is 16.7. The fraction of sp³-hybridized carbons (Fsp3) is 1.00. The van der Waals surface area contributed by atoms with Gasteiger partial charge in [-0.2, -0.15) is 0 Å². The van der Waals surface area contributed by atoms with E-state index in [0.29, 0.717) is 5.41 Å². The fourth-order valence-corrected chi connectivity index (χ4v) is 3.97. The molecule has 0 bridgehead atoms. The Morgan fingerprint density at radius 3 is 2.12 bits per heavy atom. The van der Waals surface area contributed by atoms with Crippen LogP contribution in [0.25, 0.3) is 0 Å². The summed E-state index contributed by atoms with van der Waals surface area (Å²) in [7, 11) is 0. The predicted octanol–water partition coefficient (Wildman–Crippen LogP) is 3.99. The predicted molar refractivity (Wildman–Crippen MR) is 69.8 cm³/mol. The van der Waals surface area contributed by atoms with E-state index in [4.69, 9.17) is 9.47 Å². The van der Waals surface area contributed by atoms with Gasteiger partial charge in [0.2, 0.25) is 0 Å². The van der Waals surface area contributed by atoms with Crippen LogP contribution in [-0.4, -0.2) is 19.5 Å². The normalized spacial score (nSPS) is 30.0. The highest BCUT2D eigenvalue weighted by Crippen LogP contribution is 2.54. The topological polar surface area (TPSA) is 18.5 Å². The van der Waals surface area contributed by atoms with E-state index in [1.807, 2.05) is 0 Å². The minimum atomic E-state index is 0.0522. The smallest absolute Gasteiger partial charge is 0.163 e. The molecule has 0 spiro atoms. The van der Waals surface area contributed by atoms with Crippen molar-refractivity contribution < 1.29 is 9.47 Å². The number of rotatable bonds is 4. The van der Waals surface area contributed by atoms with Gasteiger partial charge in [0.1, 0.15) is 0 Å². The third-order valence-electron chi connectivity index (χ3n) is 5.19. The minimum Gasteiger partial charge on any atom is -0.350 e. The van der Waals surface area contributed by atoms with Crippen molar-refractivity contribution >= 4 is 0 Å². The van der Waals surface area contributed by atoms with E-state index in [0.717, 1.165) is 19.1 Å². The van der Waals surface area contributed by atoms with Gasteiger partial charge in [0.05, 0.1) is 13.2 Å². The Bertz CT molecular complexity index is 250. The number of ether oxygens (including phenoxy) is 2. The molecular formula is C15H28O2. The Morgan fingerprint density at radius 2 is 1.71 bits per heavy atom. The van der Waals surface area contributed by atoms with Crippen LogP contribution in [0.2, 0.25) is 0 Å². The lowest BCUT2D eigenvalue weighted by Crippen LogP contribution is -2.41. The molecule has 0 radical (unpaired) electrons. The molecule has 1 aliphatic carbocycles. The summed E-state index contributed by atoms with van der Waals surface area (Å²) in [6.07, 6.45) is 6.43. The molecule has 1 heterocycles. The van der Waals surface area contributed by atoms with Crippen molar-refractivity contribution in [3.8, 4) is 0 Å². The van der Waals surface area contributed by atoms with Gasteiger partial charge >= 0.3 is 0 Å². The molecule has 0 aromatic rings. The summed E-state index contributed by atoms with van der Waals surface area (Å²) < 4.78 is 11.7. The van der Waals surface area contributed by atoms with Gasteiger partial charge in [-0.05, 0) is 43.4 Å². The second kappa shape index (κ2) is 4.89. The second-order valence-electron chi connectivity index (χ2n) is 6.62. The molecule has 1 atom stereocenters. The number of hydrogen-bond donors (Lipinski definition) is 0. The first-order chi connectivity index (χ1) is 8.04. The molecule has 1 saturated carbocycles. The third kappa shape index (κ3) is 2.39. The molecule has 2 nitrogen and oxygen atoms in total. The van der Waals surface area contributed by atoms with E-state index in [-0.39, 0.29) is 11.7 Å². The van der Waals surface area contributed by atoms with Gasteiger partial charge < -0.3 is 9.47 Å². The molecule has 100 valence electrons. The van der Waals surface area contributed by atoms with E-state index >= 15 is 0 Å². The molecule has 2 fully saturated rings. The molecular weight excluding hydrogens is 212 g/mol. The van der Waals surface area contributed by atoms with Crippen molar-refractivity contribution in [2.75, 3.05) is 13.2 Å². The van der Waals surface area contributed by atoms with Gasteiger partial charge in [0, 0.05) is 5.41 Å². The van der Waals surface area contributed by atoms with Gasteiger partial charge in [0.25, 0.3) is 0 Å². The fourth-order valence-electron chi connectivity index (χ4n) is 3.97. The largest absolute Gasteiger partial charge is 0.350 e. The van der Waals surface area contributed by atoms with Crippen LogP contribution in [0.15, 0.2) is 0 Å². The molecule has 17 heavy (non-hydrogen) atoms. The lowest BCUT2D eigenvalue weighted by Gasteiger charge is -2.41. The third-order valence-corrected chi connectivity index (χ3v) is 5.19. The SMILES string of the molecule is CCC(CC)(C1CCC(C)(C)C1)C1OCCO1. The van der Waals surface area contributed by atoms with E-state index in [9.17, 15) is 0 Å². The van der Waals surface area contributed by atoms with Gasteiger partial charge in [-0.1, -0.05) is 27.7 Å². The first kappa shape index (κ1) is 13.4. The molecule has 2 aliphatic rings. The summed E-state index contributed by atoms with van der Waals surface area (Å²) in [5, 5.41) is 0. The van der Waals surface area contributed by atoms with Crippen molar-refractivity contribution in [1.29, 1.82) is 0 Å². The molecule has 2 rings (SSSR count). The molecule has 1 saturated heterocycles. The molecule has 0 aromatic heterocycles. The minimum absolute atomic E-state index is 0.0522. The van der Waals surface area contributed by atoms with E-state index in [2.05, 4.69) is 27.7 Å². The van der Waals surface area contributed by atoms with Crippen molar-refractivity contribution in [3.63, 3.8) is 0 Å². The average molecular weight is 240 g/mol. The van der Waals surface area contributed by atoms with Crippen molar-refractivity contribution in [1.82, 2.24) is 0 Å². The maximum atomic E-state index is 5.86. The maximum Gasteiger partial charge on any atom is 0.163 e. The Hall–Kier alpha value is -0.0800. The summed E-state index contributed by atoms with van der Waals surface area (Å²) in [6, 6.07) is 0. The van der Waals surface area contributed by atoms with E-state index in [1.165, 1.54) is 32.1 Å². The van der Waals surface area contributed by atoms with Crippen LogP contribution in [0.3, 0.4) is 0 Å². The monoisotopic (exact) mass is 240 g/mol. The quantitative estimate of drug-likeness (QED) is 0.739. The van der Waals surface area contributed by atoms with Crippen LogP contribution in [0.1, 0.15) is 59.8 Å². The first-order valence-electron chi connectivity index (χ1n) is 7.27. The van der Waals surface area contributed by atoms with Crippen LogP contribution >= 0.6 is 0 Å². The molecule has 0 amide bonds. The summed E-state index contributed by atoms with van der Waals surface area (Å²) >= 11 is 0.